The van der Waals surface area contributed by atoms with Crippen LogP contribution in [0.15, 0.2) is 109 Å². The molecule has 142 valence electrons. The Bertz CT molecular complexity index is 1070. The number of para-hydroxylation sites is 2. The minimum absolute atomic E-state index is 0.166. The monoisotopic (exact) mass is 379 g/mol. The van der Waals surface area contributed by atoms with Gasteiger partial charge in [0.15, 0.2) is 0 Å². The van der Waals surface area contributed by atoms with Crippen molar-refractivity contribution in [2.45, 2.75) is 6.61 Å². The maximum absolute atomic E-state index is 12.7. The Balaban J connectivity index is 1.46. The molecule has 0 fully saturated rings. The van der Waals surface area contributed by atoms with Gasteiger partial charge >= 0.3 is 0 Å². The lowest BCUT2D eigenvalue weighted by atomic mass is 10.0. The maximum Gasteiger partial charge on any atom is 0.255 e. The highest BCUT2D eigenvalue weighted by atomic mass is 16.5. The van der Waals surface area contributed by atoms with Gasteiger partial charge in [0.25, 0.3) is 5.91 Å². The summed E-state index contributed by atoms with van der Waals surface area (Å²) in [5, 5.41) is 2.96. The molecule has 0 radical (unpaired) electrons. The number of hydrogen-bond acceptors (Lipinski definition) is 2. The van der Waals surface area contributed by atoms with E-state index in [1.807, 2.05) is 97.1 Å². The number of carbonyl (C=O) groups is 1. The summed E-state index contributed by atoms with van der Waals surface area (Å²) in [5.41, 5.74) is 4.53. The van der Waals surface area contributed by atoms with Gasteiger partial charge in [0.2, 0.25) is 0 Å². The molecule has 3 heteroatoms. The lowest BCUT2D eigenvalue weighted by molar-refractivity contribution is 0.102. The highest BCUT2D eigenvalue weighted by Gasteiger charge is 2.10. The molecule has 1 amide bonds. The SMILES string of the molecule is O=C(Nc1ccccc1OCc1ccccc1)c1ccc(-c2ccccc2)cc1. The fourth-order valence-corrected chi connectivity index (χ4v) is 3.07. The fourth-order valence-electron chi connectivity index (χ4n) is 3.07. The van der Waals surface area contributed by atoms with Gasteiger partial charge in [-0.25, -0.2) is 0 Å². The van der Waals surface area contributed by atoms with Crippen LogP contribution in [0.1, 0.15) is 15.9 Å². The molecule has 0 aromatic heterocycles. The summed E-state index contributed by atoms with van der Waals surface area (Å²) in [7, 11) is 0. The quantitative estimate of drug-likeness (QED) is 0.434. The minimum atomic E-state index is -0.166. The van der Waals surface area contributed by atoms with Crippen molar-refractivity contribution < 1.29 is 9.53 Å². The molecule has 0 atom stereocenters. The van der Waals surface area contributed by atoms with E-state index < -0.39 is 0 Å². The first kappa shape index (κ1) is 18.5. The Morgan fingerprint density at radius 3 is 1.97 bits per heavy atom. The average molecular weight is 379 g/mol. The number of anilines is 1. The molecule has 0 saturated carbocycles. The van der Waals surface area contributed by atoms with E-state index in [0.717, 1.165) is 16.7 Å². The van der Waals surface area contributed by atoms with Crippen molar-refractivity contribution in [3.63, 3.8) is 0 Å². The van der Waals surface area contributed by atoms with Gasteiger partial charge in [0, 0.05) is 5.56 Å². The predicted octanol–water partition coefficient (Wildman–Crippen LogP) is 6.18. The minimum Gasteiger partial charge on any atom is -0.487 e. The average Bonchev–Trinajstić information content (AvgIpc) is 2.80. The smallest absolute Gasteiger partial charge is 0.255 e. The predicted molar refractivity (Wildman–Crippen MR) is 117 cm³/mol. The number of nitrogens with one attached hydrogen (secondary N) is 1. The Kier molecular flexibility index (Phi) is 5.68. The van der Waals surface area contributed by atoms with Crippen molar-refractivity contribution in [1.82, 2.24) is 0 Å². The Morgan fingerprint density at radius 2 is 1.24 bits per heavy atom. The lowest BCUT2D eigenvalue weighted by Crippen LogP contribution is -2.12. The summed E-state index contributed by atoms with van der Waals surface area (Å²) in [6.45, 7) is 0.444. The van der Waals surface area contributed by atoms with Crippen molar-refractivity contribution in [1.29, 1.82) is 0 Å². The fraction of sp³-hybridized carbons (Fsp3) is 0.0385. The zero-order valence-electron chi connectivity index (χ0n) is 15.9. The van der Waals surface area contributed by atoms with Crippen molar-refractivity contribution in [2.75, 3.05) is 5.32 Å². The van der Waals surface area contributed by atoms with Crippen LogP contribution in [0.5, 0.6) is 5.75 Å². The number of ether oxygens (including phenoxy) is 1. The van der Waals surface area contributed by atoms with Crippen LogP contribution in [0.25, 0.3) is 11.1 Å². The number of rotatable bonds is 6. The number of carbonyl (C=O) groups excluding carboxylic acids is 1. The second-order valence-electron chi connectivity index (χ2n) is 6.67. The van der Waals surface area contributed by atoms with Gasteiger partial charge in [0.1, 0.15) is 12.4 Å². The van der Waals surface area contributed by atoms with E-state index in [9.17, 15) is 4.79 Å². The molecule has 0 aliphatic heterocycles. The van der Waals surface area contributed by atoms with Gasteiger partial charge in [0.05, 0.1) is 5.69 Å². The van der Waals surface area contributed by atoms with E-state index in [4.69, 9.17) is 4.74 Å². The van der Waals surface area contributed by atoms with Crippen molar-refractivity contribution in [3.8, 4) is 16.9 Å². The summed E-state index contributed by atoms with van der Waals surface area (Å²) in [6, 6.07) is 35.1. The lowest BCUT2D eigenvalue weighted by Gasteiger charge is -2.13. The first-order valence-electron chi connectivity index (χ1n) is 9.52. The molecule has 1 N–H and O–H groups in total. The maximum atomic E-state index is 12.7. The number of amides is 1. The van der Waals surface area contributed by atoms with Crippen LogP contribution in [0, 0.1) is 0 Å². The van der Waals surface area contributed by atoms with Crippen LogP contribution in [0.4, 0.5) is 5.69 Å². The summed E-state index contributed by atoms with van der Waals surface area (Å²) < 4.78 is 5.92. The molecule has 0 saturated heterocycles. The number of benzene rings is 4. The third-order valence-corrected chi connectivity index (χ3v) is 4.63. The molecule has 3 nitrogen and oxygen atoms in total. The zero-order chi connectivity index (χ0) is 19.9. The van der Waals surface area contributed by atoms with Crippen LogP contribution >= 0.6 is 0 Å². The Morgan fingerprint density at radius 1 is 0.655 bits per heavy atom. The molecular formula is C26H21NO2. The van der Waals surface area contributed by atoms with Gasteiger partial charge < -0.3 is 10.1 Å². The molecule has 0 unspecified atom stereocenters. The summed E-state index contributed by atoms with van der Waals surface area (Å²) in [6.07, 6.45) is 0. The topological polar surface area (TPSA) is 38.3 Å². The Hall–Kier alpha value is -3.85. The van der Waals surface area contributed by atoms with Crippen LogP contribution in [0.3, 0.4) is 0 Å². The first-order valence-corrected chi connectivity index (χ1v) is 9.52. The summed E-state index contributed by atoms with van der Waals surface area (Å²) in [4.78, 5) is 12.7. The molecule has 0 spiro atoms. The zero-order valence-corrected chi connectivity index (χ0v) is 15.9. The molecule has 4 rings (SSSR count). The van der Waals surface area contributed by atoms with E-state index in [0.29, 0.717) is 23.6 Å². The summed E-state index contributed by atoms with van der Waals surface area (Å²) in [5.74, 6) is 0.478. The van der Waals surface area contributed by atoms with E-state index in [2.05, 4.69) is 17.4 Å². The summed E-state index contributed by atoms with van der Waals surface area (Å²) >= 11 is 0. The van der Waals surface area contributed by atoms with Gasteiger partial charge in [-0.05, 0) is 41.0 Å². The van der Waals surface area contributed by atoms with Crippen molar-refractivity contribution in [2.24, 2.45) is 0 Å². The van der Waals surface area contributed by atoms with E-state index in [1.165, 1.54) is 0 Å². The van der Waals surface area contributed by atoms with E-state index in [-0.39, 0.29) is 5.91 Å². The van der Waals surface area contributed by atoms with Crippen molar-refractivity contribution >= 4 is 11.6 Å². The molecule has 0 aliphatic carbocycles. The van der Waals surface area contributed by atoms with Gasteiger partial charge in [-0.1, -0.05) is 84.9 Å². The molecular weight excluding hydrogens is 358 g/mol. The largest absolute Gasteiger partial charge is 0.487 e. The highest BCUT2D eigenvalue weighted by Crippen LogP contribution is 2.26. The molecule has 29 heavy (non-hydrogen) atoms. The second-order valence-corrected chi connectivity index (χ2v) is 6.67. The standard InChI is InChI=1S/C26H21NO2/c28-26(23-17-15-22(16-18-23)21-11-5-2-6-12-21)27-24-13-7-8-14-25(24)29-19-20-9-3-1-4-10-20/h1-18H,19H2,(H,27,28). The molecule has 4 aromatic rings. The second kappa shape index (κ2) is 8.89. The number of hydrogen-bond donors (Lipinski definition) is 1. The third kappa shape index (κ3) is 4.71. The van der Waals surface area contributed by atoms with Crippen LogP contribution < -0.4 is 10.1 Å². The van der Waals surface area contributed by atoms with Crippen LogP contribution in [0.2, 0.25) is 0 Å². The highest BCUT2D eigenvalue weighted by molar-refractivity contribution is 6.05. The van der Waals surface area contributed by atoms with Crippen LogP contribution in [-0.2, 0) is 6.61 Å². The normalized spacial score (nSPS) is 10.3. The van der Waals surface area contributed by atoms with E-state index >= 15 is 0 Å². The third-order valence-electron chi connectivity index (χ3n) is 4.63. The van der Waals surface area contributed by atoms with Crippen molar-refractivity contribution in [3.05, 3.63) is 120 Å². The molecule has 0 aliphatic rings. The molecule has 4 aromatic carbocycles. The molecule has 0 bridgehead atoms. The Labute approximate surface area is 170 Å². The first-order chi connectivity index (χ1) is 14.3. The van der Waals surface area contributed by atoms with E-state index in [1.54, 1.807) is 0 Å². The molecule has 0 heterocycles. The van der Waals surface area contributed by atoms with Crippen LogP contribution in [-0.4, -0.2) is 5.91 Å². The van der Waals surface area contributed by atoms with Gasteiger partial charge in [-0.3, -0.25) is 4.79 Å². The van der Waals surface area contributed by atoms with Gasteiger partial charge in [-0.15, -0.1) is 0 Å². The van der Waals surface area contributed by atoms with Gasteiger partial charge in [-0.2, -0.15) is 0 Å².